The highest BCUT2D eigenvalue weighted by molar-refractivity contribution is 7.89. The second kappa shape index (κ2) is 8.21. The zero-order chi connectivity index (χ0) is 21.3. The zero-order valence-electron chi connectivity index (χ0n) is 17.1. The van der Waals surface area contributed by atoms with Crippen LogP contribution in [-0.4, -0.2) is 42.1 Å². The summed E-state index contributed by atoms with van der Waals surface area (Å²) in [7, 11) is -2.08. The van der Waals surface area contributed by atoms with E-state index >= 15 is 0 Å². The first kappa shape index (κ1) is 20.6. The average Bonchev–Trinajstić information content (AvgIpc) is 3.21. The summed E-state index contributed by atoms with van der Waals surface area (Å²) in [6, 6.07) is 7.24. The lowest BCUT2D eigenvalue weighted by Gasteiger charge is -2.28. The smallest absolute Gasteiger partial charge is 0.240 e. The van der Waals surface area contributed by atoms with E-state index in [-0.39, 0.29) is 4.90 Å². The Morgan fingerprint density at radius 3 is 2.50 bits per heavy atom. The van der Waals surface area contributed by atoms with E-state index < -0.39 is 10.0 Å². The Balaban J connectivity index is 1.63. The number of nitrogens with one attached hydrogen (secondary N) is 3. The number of fused-ring (bicyclic) bond motifs is 1. The fraction of sp³-hybridized carbons (Fsp3) is 0.400. The van der Waals surface area contributed by atoms with Crippen molar-refractivity contribution in [1.29, 1.82) is 0 Å². The van der Waals surface area contributed by atoms with Gasteiger partial charge in [-0.1, -0.05) is 0 Å². The molecule has 1 aliphatic carbocycles. The zero-order valence-corrected chi connectivity index (χ0v) is 17.9. The molecule has 3 aromatic rings. The van der Waals surface area contributed by atoms with Crippen molar-refractivity contribution in [2.45, 2.75) is 49.6 Å². The SMILES string of the molecule is CNS(=O)(=O)c1ccc(Nc2c(C)c(N[C@H]3CC[C@H](N)CC3)nn3ccnc23)cc1. The molecular formula is C20H27N7O2S. The minimum absolute atomic E-state index is 0.214. The predicted molar refractivity (Wildman–Crippen MR) is 118 cm³/mol. The largest absolute Gasteiger partial charge is 0.366 e. The molecule has 5 N–H and O–H groups in total. The number of rotatable bonds is 6. The molecule has 30 heavy (non-hydrogen) atoms. The lowest BCUT2D eigenvalue weighted by molar-refractivity contribution is 0.410. The van der Waals surface area contributed by atoms with Gasteiger partial charge in [0.2, 0.25) is 10.0 Å². The first-order valence-electron chi connectivity index (χ1n) is 10.0. The maximum absolute atomic E-state index is 11.9. The summed E-state index contributed by atoms with van der Waals surface area (Å²) in [5.41, 5.74) is 9.28. The van der Waals surface area contributed by atoms with Gasteiger partial charge in [-0.15, -0.1) is 5.10 Å². The van der Waals surface area contributed by atoms with Crippen molar-refractivity contribution in [1.82, 2.24) is 19.3 Å². The fourth-order valence-corrected chi connectivity index (χ4v) is 4.48. The average molecular weight is 430 g/mol. The van der Waals surface area contributed by atoms with E-state index in [1.54, 1.807) is 35.0 Å². The van der Waals surface area contributed by atoms with E-state index in [0.717, 1.165) is 48.4 Å². The third-order valence-corrected chi connectivity index (χ3v) is 7.03. The third kappa shape index (κ3) is 4.11. The van der Waals surface area contributed by atoms with Gasteiger partial charge in [-0.05, 0) is 63.9 Å². The molecule has 10 heteroatoms. The van der Waals surface area contributed by atoms with Crippen LogP contribution in [0.3, 0.4) is 0 Å². The van der Waals surface area contributed by atoms with Crippen molar-refractivity contribution in [2.75, 3.05) is 17.7 Å². The standard InChI is InChI=1S/C20H27N7O2S/c1-13-18(24-15-7-9-17(10-8-15)30(28,29)22-2)20-23-11-12-27(20)26-19(13)25-16-5-3-14(21)4-6-16/h7-12,14,16,22,24H,3-6,21H2,1-2H3,(H,25,26)/t14-,16-. The highest BCUT2D eigenvalue weighted by atomic mass is 32.2. The van der Waals surface area contributed by atoms with Gasteiger partial charge in [-0.3, -0.25) is 0 Å². The Hall–Kier alpha value is -2.69. The molecule has 0 amide bonds. The van der Waals surface area contributed by atoms with Crippen molar-refractivity contribution >= 4 is 32.9 Å². The number of nitrogens with zero attached hydrogens (tertiary/aromatic N) is 3. The van der Waals surface area contributed by atoms with E-state index in [4.69, 9.17) is 10.8 Å². The highest BCUT2D eigenvalue weighted by Gasteiger charge is 2.21. The Morgan fingerprint density at radius 2 is 1.83 bits per heavy atom. The van der Waals surface area contributed by atoms with Crippen LogP contribution >= 0.6 is 0 Å². The first-order chi connectivity index (χ1) is 14.4. The van der Waals surface area contributed by atoms with Crippen molar-refractivity contribution in [3.05, 3.63) is 42.2 Å². The van der Waals surface area contributed by atoms with Crippen LogP contribution in [0, 0.1) is 6.92 Å². The molecule has 0 atom stereocenters. The number of hydrogen-bond donors (Lipinski definition) is 4. The van der Waals surface area contributed by atoms with Crippen LogP contribution < -0.4 is 21.1 Å². The topological polar surface area (TPSA) is 126 Å². The molecule has 9 nitrogen and oxygen atoms in total. The van der Waals surface area contributed by atoms with Gasteiger partial charge in [0.25, 0.3) is 0 Å². The molecule has 0 radical (unpaired) electrons. The molecule has 1 aliphatic rings. The number of aromatic nitrogens is 3. The molecule has 0 spiro atoms. The third-order valence-electron chi connectivity index (χ3n) is 5.60. The lowest BCUT2D eigenvalue weighted by atomic mass is 9.92. The Bertz CT molecular complexity index is 1130. The second-order valence-corrected chi connectivity index (χ2v) is 9.54. The van der Waals surface area contributed by atoms with Gasteiger partial charge < -0.3 is 16.4 Å². The van der Waals surface area contributed by atoms with Gasteiger partial charge >= 0.3 is 0 Å². The van der Waals surface area contributed by atoms with Gasteiger partial charge in [-0.25, -0.2) is 22.6 Å². The van der Waals surface area contributed by atoms with Crippen LogP contribution in [0.1, 0.15) is 31.2 Å². The summed E-state index contributed by atoms with van der Waals surface area (Å²) in [4.78, 5) is 4.65. The quantitative estimate of drug-likeness (QED) is 0.474. The molecule has 2 aromatic heterocycles. The van der Waals surface area contributed by atoms with E-state index in [1.807, 2.05) is 13.1 Å². The Labute approximate surface area is 176 Å². The van der Waals surface area contributed by atoms with Crippen molar-refractivity contribution in [3.8, 4) is 0 Å². The maximum atomic E-state index is 11.9. The van der Waals surface area contributed by atoms with E-state index in [2.05, 4.69) is 20.3 Å². The van der Waals surface area contributed by atoms with Crippen LogP contribution in [0.15, 0.2) is 41.6 Å². The monoisotopic (exact) mass is 429 g/mol. The number of sulfonamides is 1. The molecular weight excluding hydrogens is 402 g/mol. The number of imidazole rings is 1. The molecule has 160 valence electrons. The molecule has 1 aromatic carbocycles. The molecule has 0 bridgehead atoms. The van der Waals surface area contributed by atoms with Crippen LogP contribution in [0.25, 0.3) is 5.65 Å². The summed E-state index contributed by atoms with van der Waals surface area (Å²) in [6.07, 6.45) is 7.58. The van der Waals surface area contributed by atoms with E-state index in [0.29, 0.717) is 17.7 Å². The number of anilines is 3. The lowest BCUT2D eigenvalue weighted by Crippen LogP contribution is -2.33. The van der Waals surface area contributed by atoms with E-state index in [9.17, 15) is 8.42 Å². The van der Waals surface area contributed by atoms with Gasteiger partial charge in [0.05, 0.1) is 10.6 Å². The van der Waals surface area contributed by atoms with Gasteiger partial charge in [-0.2, -0.15) is 0 Å². The van der Waals surface area contributed by atoms with Crippen molar-refractivity contribution in [2.24, 2.45) is 5.73 Å². The Morgan fingerprint density at radius 1 is 1.13 bits per heavy atom. The van der Waals surface area contributed by atoms with Gasteiger partial charge in [0, 0.05) is 35.7 Å². The van der Waals surface area contributed by atoms with Crippen LogP contribution in [0.5, 0.6) is 0 Å². The molecule has 0 saturated heterocycles. The van der Waals surface area contributed by atoms with Gasteiger partial charge in [0.15, 0.2) is 11.5 Å². The number of benzene rings is 1. The minimum atomic E-state index is -3.47. The predicted octanol–water partition coefficient (Wildman–Crippen LogP) is 2.37. The summed E-state index contributed by atoms with van der Waals surface area (Å²) in [5.74, 6) is 0.804. The van der Waals surface area contributed by atoms with E-state index in [1.165, 1.54) is 7.05 Å². The molecule has 1 saturated carbocycles. The minimum Gasteiger partial charge on any atom is -0.366 e. The van der Waals surface area contributed by atoms with Crippen LogP contribution in [-0.2, 0) is 10.0 Å². The number of nitrogens with two attached hydrogens (primary N) is 1. The summed E-state index contributed by atoms with van der Waals surface area (Å²) < 4.78 is 28.0. The number of hydrogen-bond acceptors (Lipinski definition) is 7. The molecule has 0 aliphatic heterocycles. The fourth-order valence-electron chi connectivity index (χ4n) is 3.75. The normalized spacial score (nSPS) is 19.7. The highest BCUT2D eigenvalue weighted by Crippen LogP contribution is 2.31. The molecule has 0 unspecified atom stereocenters. The van der Waals surface area contributed by atoms with Gasteiger partial charge in [0.1, 0.15) is 0 Å². The first-order valence-corrected chi connectivity index (χ1v) is 11.5. The summed E-state index contributed by atoms with van der Waals surface area (Å²) in [6.45, 7) is 2.00. The van der Waals surface area contributed by atoms with Crippen molar-refractivity contribution in [3.63, 3.8) is 0 Å². The van der Waals surface area contributed by atoms with Crippen LogP contribution in [0.4, 0.5) is 17.2 Å². The second-order valence-electron chi connectivity index (χ2n) is 7.66. The summed E-state index contributed by atoms with van der Waals surface area (Å²) in [5, 5.41) is 11.6. The maximum Gasteiger partial charge on any atom is 0.240 e. The molecule has 1 fully saturated rings. The van der Waals surface area contributed by atoms with Crippen molar-refractivity contribution < 1.29 is 8.42 Å². The molecule has 4 rings (SSSR count). The molecule has 2 heterocycles. The summed E-state index contributed by atoms with van der Waals surface area (Å²) >= 11 is 0. The van der Waals surface area contributed by atoms with Crippen LogP contribution in [0.2, 0.25) is 0 Å². The Kier molecular flexibility index (Phi) is 5.63.